The zero-order valence-electron chi connectivity index (χ0n) is 18.3. The van der Waals surface area contributed by atoms with E-state index in [1.54, 1.807) is 24.3 Å². The molecule has 0 atom stereocenters. The Morgan fingerprint density at radius 1 is 1.15 bits per heavy atom. The van der Waals surface area contributed by atoms with Crippen LogP contribution in [0.2, 0.25) is 0 Å². The molecule has 1 saturated heterocycles. The number of halogens is 1. The van der Waals surface area contributed by atoms with E-state index in [4.69, 9.17) is 27.5 Å². The first-order valence-corrected chi connectivity index (χ1v) is 11.0. The molecule has 10 heteroatoms. The molecule has 9 nitrogen and oxygen atoms in total. The maximum Gasteiger partial charge on any atom is 0.247 e. The van der Waals surface area contributed by atoms with Crippen molar-refractivity contribution in [2.24, 2.45) is 0 Å². The van der Waals surface area contributed by atoms with E-state index in [2.05, 4.69) is 32.1 Å². The van der Waals surface area contributed by atoms with Crippen LogP contribution < -0.4 is 21.3 Å². The number of aromatic nitrogens is 2. The molecule has 174 valence electrons. The van der Waals surface area contributed by atoms with E-state index in [1.165, 1.54) is 6.08 Å². The average molecular weight is 478 g/mol. The number of morpholine rings is 1. The molecule has 4 rings (SSSR count). The molecule has 0 aliphatic carbocycles. The minimum absolute atomic E-state index is 0.0670. The topological polar surface area (TPSA) is 129 Å². The highest BCUT2D eigenvalue weighted by Gasteiger charge is 2.18. The first-order chi connectivity index (χ1) is 16.4. The van der Waals surface area contributed by atoms with E-state index < -0.39 is 0 Å². The van der Waals surface area contributed by atoms with Gasteiger partial charge in [0.25, 0.3) is 0 Å². The summed E-state index contributed by atoms with van der Waals surface area (Å²) in [5.41, 5.74) is 9.76. The second-order valence-corrected chi connectivity index (χ2v) is 7.90. The quantitative estimate of drug-likeness (QED) is 0.299. The van der Waals surface area contributed by atoms with Crippen LogP contribution in [0.25, 0.3) is 11.3 Å². The number of nitrogens with zero attached hydrogens (tertiary/aromatic N) is 3. The Morgan fingerprint density at radius 2 is 1.88 bits per heavy atom. The number of benzene rings is 2. The number of anilines is 5. The minimum atomic E-state index is -0.341. The summed E-state index contributed by atoms with van der Waals surface area (Å²) in [6, 6.07) is 14.9. The molecule has 0 radical (unpaired) electrons. The Morgan fingerprint density at radius 3 is 2.62 bits per heavy atom. The highest BCUT2D eigenvalue weighted by Crippen LogP contribution is 2.31. The van der Waals surface area contributed by atoms with Crippen molar-refractivity contribution >= 4 is 51.5 Å². The number of rotatable bonds is 7. The molecule has 1 aromatic heterocycles. The maximum atomic E-state index is 11.7. The Balaban J connectivity index is 1.68. The lowest BCUT2D eigenvalue weighted by Gasteiger charge is -2.29. The molecule has 34 heavy (non-hydrogen) atoms. The van der Waals surface area contributed by atoms with Crippen LogP contribution in [0.4, 0.5) is 28.8 Å². The van der Waals surface area contributed by atoms with Crippen LogP contribution >= 0.6 is 11.6 Å². The normalized spacial score (nSPS) is 13.3. The lowest BCUT2D eigenvalue weighted by atomic mass is 10.1. The van der Waals surface area contributed by atoms with Crippen LogP contribution in [0.15, 0.2) is 61.2 Å². The second kappa shape index (κ2) is 10.3. The van der Waals surface area contributed by atoms with Crippen molar-refractivity contribution in [3.63, 3.8) is 0 Å². The molecule has 0 unspecified atom stereocenters. The van der Waals surface area contributed by atoms with Crippen LogP contribution in [-0.4, -0.2) is 47.3 Å². The van der Waals surface area contributed by atoms with Gasteiger partial charge in [0.1, 0.15) is 11.0 Å². The second-order valence-electron chi connectivity index (χ2n) is 7.52. The molecule has 2 aromatic carbocycles. The predicted molar refractivity (Wildman–Crippen MR) is 136 cm³/mol. The van der Waals surface area contributed by atoms with Gasteiger partial charge in [0.2, 0.25) is 11.9 Å². The number of amides is 1. The van der Waals surface area contributed by atoms with Crippen molar-refractivity contribution < 1.29 is 9.53 Å². The van der Waals surface area contributed by atoms with Crippen molar-refractivity contribution in [3.05, 3.63) is 66.7 Å². The van der Waals surface area contributed by atoms with Gasteiger partial charge in [-0.15, -0.1) is 0 Å². The Labute approximate surface area is 202 Å². The van der Waals surface area contributed by atoms with Crippen LogP contribution in [0.1, 0.15) is 5.56 Å². The fourth-order valence-electron chi connectivity index (χ4n) is 3.63. The number of carbonyl (C=O) groups is 1. The molecule has 1 amide bonds. The minimum Gasteiger partial charge on any atom is -0.383 e. The maximum absolute atomic E-state index is 11.7. The predicted octanol–water partition coefficient (Wildman–Crippen LogP) is 3.99. The number of nitrogens with one attached hydrogen (secondary N) is 3. The molecule has 2 heterocycles. The molecule has 0 bridgehead atoms. The number of ether oxygens (including phenoxy) is 1. The Kier molecular flexibility index (Phi) is 7.05. The summed E-state index contributed by atoms with van der Waals surface area (Å²) >= 11 is 6.03. The van der Waals surface area contributed by atoms with Gasteiger partial charge in [0.05, 0.1) is 24.5 Å². The number of nitrogen functional groups attached to an aromatic ring is 1. The van der Waals surface area contributed by atoms with Gasteiger partial charge in [-0.2, -0.15) is 4.98 Å². The van der Waals surface area contributed by atoms with Crippen LogP contribution in [0.5, 0.6) is 0 Å². The van der Waals surface area contributed by atoms with Crippen molar-refractivity contribution in [2.75, 3.05) is 47.6 Å². The van der Waals surface area contributed by atoms with Gasteiger partial charge in [-0.1, -0.05) is 36.4 Å². The van der Waals surface area contributed by atoms with E-state index in [1.807, 2.05) is 24.3 Å². The van der Waals surface area contributed by atoms with Crippen molar-refractivity contribution in [3.8, 4) is 11.3 Å². The van der Waals surface area contributed by atoms with E-state index in [9.17, 15) is 4.79 Å². The van der Waals surface area contributed by atoms with Crippen LogP contribution in [0, 0.1) is 5.41 Å². The molecule has 5 N–H and O–H groups in total. The zero-order valence-corrected chi connectivity index (χ0v) is 19.1. The summed E-state index contributed by atoms with van der Waals surface area (Å²) in [5, 5.41) is 13.6. The molecule has 0 saturated carbocycles. The summed E-state index contributed by atoms with van der Waals surface area (Å²) in [5.74, 6) is -0.0154. The molecule has 3 aromatic rings. The summed E-state index contributed by atoms with van der Waals surface area (Å²) in [7, 11) is 0. The summed E-state index contributed by atoms with van der Waals surface area (Å²) in [4.78, 5) is 22.9. The van der Waals surface area contributed by atoms with Crippen LogP contribution in [0.3, 0.4) is 0 Å². The third-order valence-electron chi connectivity index (χ3n) is 5.22. The molecule has 1 aliphatic heterocycles. The van der Waals surface area contributed by atoms with Crippen molar-refractivity contribution in [2.45, 2.75) is 0 Å². The molecule has 1 fully saturated rings. The average Bonchev–Trinajstić information content (AvgIpc) is 2.84. The fraction of sp³-hybridized carbons (Fsp3) is 0.167. The van der Waals surface area contributed by atoms with Gasteiger partial charge in [-0.05, 0) is 36.4 Å². The van der Waals surface area contributed by atoms with Crippen molar-refractivity contribution in [1.29, 1.82) is 5.41 Å². The Bertz CT molecular complexity index is 1240. The number of nitrogens with two attached hydrogens (primary N) is 1. The first kappa shape index (κ1) is 23.2. The zero-order chi connectivity index (χ0) is 24.1. The fourth-order valence-corrected chi connectivity index (χ4v) is 3.81. The molecule has 0 spiro atoms. The van der Waals surface area contributed by atoms with E-state index in [0.29, 0.717) is 30.2 Å². The van der Waals surface area contributed by atoms with Gasteiger partial charge in [-0.25, -0.2) is 4.98 Å². The monoisotopic (exact) mass is 477 g/mol. The summed E-state index contributed by atoms with van der Waals surface area (Å²) in [6.45, 7) is 6.49. The molecular formula is C24H24ClN7O2. The van der Waals surface area contributed by atoms with Gasteiger partial charge in [0, 0.05) is 35.7 Å². The third kappa shape index (κ3) is 5.33. The molecular weight excluding hydrogens is 454 g/mol. The lowest BCUT2D eigenvalue weighted by molar-refractivity contribution is -0.111. The molecule has 1 aliphatic rings. The van der Waals surface area contributed by atoms with Gasteiger partial charge < -0.3 is 26.0 Å². The van der Waals surface area contributed by atoms with Gasteiger partial charge >= 0.3 is 0 Å². The van der Waals surface area contributed by atoms with E-state index in [-0.39, 0.29) is 28.4 Å². The first-order valence-electron chi connectivity index (χ1n) is 10.6. The summed E-state index contributed by atoms with van der Waals surface area (Å²) < 4.78 is 5.43. The van der Waals surface area contributed by atoms with E-state index in [0.717, 1.165) is 24.5 Å². The third-order valence-corrected chi connectivity index (χ3v) is 5.41. The largest absolute Gasteiger partial charge is 0.383 e. The van der Waals surface area contributed by atoms with Crippen LogP contribution in [-0.2, 0) is 9.53 Å². The summed E-state index contributed by atoms with van der Waals surface area (Å²) in [6.07, 6.45) is 1.18. The highest BCUT2D eigenvalue weighted by atomic mass is 35.5. The van der Waals surface area contributed by atoms with Gasteiger partial charge in [0.15, 0.2) is 0 Å². The number of hydrogen-bond donors (Lipinski definition) is 4. The SMILES string of the molecule is C=CC(=O)Nc1cccc(-c2nc(Nc3cccc(N4CCOCC4)c3)nc(N)c2C(=N)Cl)c1. The number of hydrogen-bond acceptors (Lipinski definition) is 8. The highest BCUT2D eigenvalue weighted by molar-refractivity contribution is 6.69. The van der Waals surface area contributed by atoms with E-state index >= 15 is 0 Å². The Hall–Kier alpha value is -3.95. The number of carbonyl (C=O) groups excluding carboxylic acids is 1. The smallest absolute Gasteiger partial charge is 0.247 e. The van der Waals surface area contributed by atoms with Crippen molar-refractivity contribution in [1.82, 2.24) is 9.97 Å². The van der Waals surface area contributed by atoms with Gasteiger partial charge in [-0.3, -0.25) is 10.2 Å². The lowest BCUT2D eigenvalue weighted by Crippen LogP contribution is -2.36. The standard InChI is InChI=1S/C24H24ClN7O2/c1-2-19(33)28-16-6-3-5-15(13-16)21-20(22(25)26)23(27)31-24(30-21)29-17-7-4-8-18(14-17)32-9-11-34-12-10-32/h2-8,13-14,26H,1,9-12H2,(H,28,33)(H3,27,29,30,31).